The molecule has 0 radical (unpaired) electrons. The third kappa shape index (κ3) is 3.06. The van der Waals surface area contributed by atoms with E-state index < -0.39 is 12.0 Å². The zero-order valence-electron chi connectivity index (χ0n) is 9.05. The smallest absolute Gasteiger partial charge is 0.360 e. The van der Waals surface area contributed by atoms with Gasteiger partial charge in [-0.05, 0) is 31.2 Å². The van der Waals surface area contributed by atoms with Gasteiger partial charge in [-0.1, -0.05) is 0 Å². The highest BCUT2D eigenvalue weighted by atomic mass is 32.1. The second-order valence-corrected chi connectivity index (χ2v) is 5.06. The average Bonchev–Trinajstić information content (AvgIpc) is 2.82. The number of hydrogen-bond donors (Lipinski definition) is 2. The molecule has 1 aliphatic rings. The number of rotatable bonds is 5. The molecule has 0 atom stereocenters. The lowest BCUT2D eigenvalue weighted by molar-refractivity contribution is -0.144. The number of hydrogen-bond acceptors (Lipinski definition) is 5. The summed E-state index contributed by atoms with van der Waals surface area (Å²) in [6.07, 6.45) is -1.43. The van der Waals surface area contributed by atoms with Crippen LogP contribution in [0.2, 0.25) is 0 Å². The van der Waals surface area contributed by atoms with Gasteiger partial charge in [0.1, 0.15) is 0 Å². The maximum atomic E-state index is 12.2. The van der Waals surface area contributed by atoms with Gasteiger partial charge in [0.15, 0.2) is 0 Å². The Morgan fingerprint density at radius 3 is 2.59 bits per heavy atom. The second kappa shape index (κ2) is 4.41. The van der Waals surface area contributed by atoms with E-state index in [1.54, 1.807) is 0 Å². The van der Waals surface area contributed by atoms with Gasteiger partial charge in [0.25, 0.3) is 0 Å². The molecule has 17 heavy (non-hydrogen) atoms. The monoisotopic (exact) mass is 266 g/mol. The van der Waals surface area contributed by atoms with Crippen LogP contribution >= 0.6 is 11.5 Å². The van der Waals surface area contributed by atoms with E-state index in [0.29, 0.717) is 13.1 Å². The number of nitrogens with two attached hydrogens (primary N) is 1. The van der Waals surface area contributed by atoms with E-state index in [-0.39, 0.29) is 10.5 Å². The molecule has 2 rings (SSSR count). The van der Waals surface area contributed by atoms with E-state index >= 15 is 0 Å². The van der Waals surface area contributed by atoms with Crippen molar-refractivity contribution in [2.75, 3.05) is 18.4 Å². The van der Waals surface area contributed by atoms with Crippen LogP contribution < -0.4 is 11.1 Å². The van der Waals surface area contributed by atoms with E-state index in [1.807, 2.05) is 0 Å². The first kappa shape index (κ1) is 12.6. The number of anilines is 1. The van der Waals surface area contributed by atoms with Crippen LogP contribution in [0.1, 0.15) is 25.1 Å². The fraction of sp³-hybridized carbons (Fsp3) is 0.778. The largest absolute Gasteiger partial charge is 0.452 e. The maximum Gasteiger partial charge on any atom is 0.452 e. The summed E-state index contributed by atoms with van der Waals surface area (Å²) in [5.41, 5.74) is 5.65. The van der Waals surface area contributed by atoms with Crippen molar-refractivity contribution in [2.45, 2.75) is 25.4 Å². The van der Waals surface area contributed by atoms with Crippen LogP contribution in [0.5, 0.6) is 0 Å². The van der Waals surface area contributed by atoms with Crippen LogP contribution in [0.25, 0.3) is 0 Å². The molecule has 0 aliphatic heterocycles. The van der Waals surface area contributed by atoms with E-state index in [1.165, 1.54) is 0 Å². The molecule has 96 valence electrons. The van der Waals surface area contributed by atoms with Gasteiger partial charge in [0.05, 0.1) is 0 Å². The summed E-state index contributed by atoms with van der Waals surface area (Å²) in [6, 6.07) is 0. The normalized spacial score (nSPS) is 18.1. The van der Waals surface area contributed by atoms with Crippen molar-refractivity contribution < 1.29 is 13.2 Å². The van der Waals surface area contributed by atoms with Crippen molar-refractivity contribution in [3.8, 4) is 0 Å². The summed E-state index contributed by atoms with van der Waals surface area (Å²) < 4.78 is 40.0. The van der Waals surface area contributed by atoms with Gasteiger partial charge >= 0.3 is 6.18 Å². The quantitative estimate of drug-likeness (QED) is 0.856. The number of nitrogens with one attached hydrogen (secondary N) is 1. The molecule has 1 aromatic heterocycles. The van der Waals surface area contributed by atoms with Gasteiger partial charge in [-0.25, -0.2) is 0 Å². The Balaban J connectivity index is 1.90. The SMILES string of the molecule is NCCC1(CNc2nc(C(F)(F)F)ns2)CC1. The van der Waals surface area contributed by atoms with Crippen LogP contribution in [-0.2, 0) is 6.18 Å². The van der Waals surface area contributed by atoms with Crippen LogP contribution in [-0.4, -0.2) is 22.4 Å². The van der Waals surface area contributed by atoms with Gasteiger partial charge in [-0.3, -0.25) is 0 Å². The minimum absolute atomic E-state index is 0.165. The van der Waals surface area contributed by atoms with Gasteiger partial charge in [-0.2, -0.15) is 22.5 Å². The molecule has 8 heteroatoms. The van der Waals surface area contributed by atoms with Crippen molar-refractivity contribution >= 4 is 16.7 Å². The van der Waals surface area contributed by atoms with Crippen molar-refractivity contribution in [1.82, 2.24) is 9.36 Å². The molecular weight excluding hydrogens is 253 g/mol. The van der Waals surface area contributed by atoms with Crippen LogP contribution in [0.4, 0.5) is 18.3 Å². The first-order valence-corrected chi connectivity index (χ1v) is 6.07. The minimum Gasteiger partial charge on any atom is -0.360 e. The molecule has 0 amide bonds. The van der Waals surface area contributed by atoms with Crippen molar-refractivity contribution in [1.29, 1.82) is 0 Å². The average molecular weight is 266 g/mol. The maximum absolute atomic E-state index is 12.2. The Bertz CT molecular complexity index is 386. The summed E-state index contributed by atoms with van der Waals surface area (Å²) in [5.74, 6) is -1.08. The Morgan fingerprint density at radius 2 is 2.12 bits per heavy atom. The predicted molar refractivity (Wildman–Crippen MR) is 58.7 cm³/mol. The van der Waals surface area contributed by atoms with E-state index in [9.17, 15) is 13.2 Å². The molecule has 1 heterocycles. The fourth-order valence-electron chi connectivity index (χ4n) is 1.67. The molecule has 1 aromatic rings. The van der Waals surface area contributed by atoms with Crippen molar-refractivity contribution in [3.05, 3.63) is 5.82 Å². The van der Waals surface area contributed by atoms with Gasteiger partial charge < -0.3 is 11.1 Å². The standard InChI is InChI=1S/C9H13F3N4S/c10-9(11,12)6-15-7(17-16-6)14-5-8(1-2-8)3-4-13/h1-5,13H2,(H,14,15,16). The molecule has 4 nitrogen and oxygen atoms in total. The molecule has 0 bridgehead atoms. The number of halogens is 3. The van der Waals surface area contributed by atoms with Crippen LogP contribution in [0, 0.1) is 5.41 Å². The summed E-state index contributed by atoms with van der Waals surface area (Å²) in [6.45, 7) is 1.22. The van der Waals surface area contributed by atoms with Gasteiger partial charge in [-0.15, -0.1) is 0 Å². The lowest BCUT2D eigenvalue weighted by atomic mass is 10.0. The zero-order chi connectivity index (χ0) is 12.5. The van der Waals surface area contributed by atoms with Gasteiger partial charge in [0, 0.05) is 18.1 Å². The minimum atomic E-state index is -4.47. The van der Waals surface area contributed by atoms with Crippen molar-refractivity contribution in [2.24, 2.45) is 11.1 Å². The Labute approximate surface area is 101 Å². The molecule has 1 saturated carbocycles. The summed E-state index contributed by atoms with van der Waals surface area (Å²) in [7, 11) is 0. The number of aromatic nitrogens is 2. The molecule has 0 spiro atoms. The molecule has 1 aliphatic carbocycles. The highest BCUT2D eigenvalue weighted by molar-refractivity contribution is 7.09. The zero-order valence-corrected chi connectivity index (χ0v) is 9.87. The highest BCUT2D eigenvalue weighted by Gasteiger charge is 2.42. The lowest BCUT2D eigenvalue weighted by Gasteiger charge is -2.13. The fourth-order valence-corrected chi connectivity index (χ4v) is 2.25. The topological polar surface area (TPSA) is 63.8 Å². The Hall–Kier alpha value is -0.890. The first-order valence-electron chi connectivity index (χ1n) is 5.30. The predicted octanol–water partition coefficient (Wildman–Crippen LogP) is 2.10. The van der Waals surface area contributed by atoms with E-state index in [4.69, 9.17) is 5.73 Å². The van der Waals surface area contributed by atoms with E-state index in [2.05, 4.69) is 14.7 Å². The molecule has 0 aromatic carbocycles. The molecule has 0 unspecified atom stereocenters. The third-order valence-electron chi connectivity index (χ3n) is 2.93. The van der Waals surface area contributed by atoms with Crippen LogP contribution in [0.3, 0.4) is 0 Å². The summed E-state index contributed by atoms with van der Waals surface area (Å²) in [5, 5.41) is 3.14. The lowest BCUT2D eigenvalue weighted by Crippen LogP contribution is -2.19. The van der Waals surface area contributed by atoms with Crippen molar-refractivity contribution in [3.63, 3.8) is 0 Å². The molecular formula is C9H13F3N4S. The summed E-state index contributed by atoms with van der Waals surface area (Å²) in [4.78, 5) is 3.41. The molecule has 3 N–H and O–H groups in total. The Kier molecular flexibility index (Phi) is 3.26. The van der Waals surface area contributed by atoms with Crippen LogP contribution in [0.15, 0.2) is 0 Å². The first-order chi connectivity index (χ1) is 7.95. The highest BCUT2D eigenvalue weighted by Crippen LogP contribution is 2.48. The number of alkyl halides is 3. The second-order valence-electron chi connectivity index (χ2n) is 4.31. The molecule has 1 fully saturated rings. The Morgan fingerprint density at radius 1 is 1.41 bits per heavy atom. The third-order valence-corrected chi connectivity index (χ3v) is 3.60. The van der Waals surface area contributed by atoms with E-state index in [0.717, 1.165) is 30.8 Å². The van der Waals surface area contributed by atoms with Gasteiger partial charge in [0.2, 0.25) is 11.0 Å². The molecule has 0 saturated heterocycles. The summed E-state index contributed by atoms with van der Waals surface area (Å²) >= 11 is 0.739. The number of nitrogens with zero attached hydrogens (tertiary/aromatic N) is 2.